The van der Waals surface area contributed by atoms with E-state index in [1.807, 2.05) is 0 Å². The molecule has 0 saturated heterocycles. The number of primary amides is 1. The van der Waals surface area contributed by atoms with Gasteiger partial charge in [0.2, 0.25) is 5.91 Å². The topological polar surface area (TPSA) is 43.1 Å². The number of nitrogens with two attached hydrogens (primary N) is 1. The Morgan fingerprint density at radius 3 is 1.77 bits per heavy atom. The third kappa shape index (κ3) is 3.72. The fourth-order valence-electron chi connectivity index (χ4n) is 1.94. The van der Waals surface area contributed by atoms with E-state index in [9.17, 15) is 22.4 Å². The average molecular weight is 309 g/mol. The van der Waals surface area contributed by atoms with Gasteiger partial charge in [0.1, 0.15) is 5.82 Å². The van der Waals surface area contributed by atoms with E-state index in [4.69, 9.17) is 5.73 Å². The van der Waals surface area contributed by atoms with Crippen LogP contribution in [-0.4, -0.2) is 5.91 Å². The molecule has 22 heavy (non-hydrogen) atoms. The lowest BCUT2D eigenvalue weighted by atomic mass is 9.96. The van der Waals surface area contributed by atoms with Gasteiger partial charge in [-0.25, -0.2) is 4.39 Å². The Morgan fingerprint density at radius 2 is 1.36 bits per heavy atom. The summed E-state index contributed by atoms with van der Waals surface area (Å²) in [6.45, 7) is 0. The van der Waals surface area contributed by atoms with Gasteiger partial charge < -0.3 is 5.73 Å². The van der Waals surface area contributed by atoms with Gasteiger partial charge in [-0.15, -0.1) is 0 Å². The summed E-state index contributed by atoms with van der Waals surface area (Å²) in [6, 6.07) is 9.51. The van der Waals surface area contributed by atoms with Crippen molar-refractivity contribution in [3.8, 4) is 0 Å². The van der Waals surface area contributed by atoms with E-state index in [1.54, 1.807) is 0 Å². The van der Waals surface area contributed by atoms with Crippen LogP contribution in [0.5, 0.6) is 0 Å². The Morgan fingerprint density at radius 1 is 0.909 bits per heavy atom. The molecule has 0 radical (unpaired) electrons. The molecule has 114 valence electrons. The summed E-state index contributed by atoms with van der Waals surface area (Å²) >= 11 is 0. The lowest BCUT2D eigenvalue weighted by Crippen LogP contribution is -2.08. The van der Waals surface area contributed by atoms with Crippen molar-refractivity contribution in [2.75, 3.05) is 0 Å². The van der Waals surface area contributed by atoms with Crippen LogP contribution in [0.25, 0.3) is 5.57 Å². The molecular weight excluding hydrogens is 298 g/mol. The third-order valence-corrected chi connectivity index (χ3v) is 2.97. The maximum atomic E-state index is 13.0. The zero-order chi connectivity index (χ0) is 16.3. The number of hydrogen-bond donors (Lipinski definition) is 1. The molecule has 2 N–H and O–H groups in total. The smallest absolute Gasteiger partial charge is 0.366 e. The average Bonchev–Trinajstić information content (AvgIpc) is 2.45. The second kappa shape index (κ2) is 6.01. The molecule has 0 spiro atoms. The number of alkyl halides is 3. The van der Waals surface area contributed by atoms with Gasteiger partial charge in [-0.3, -0.25) is 4.79 Å². The minimum absolute atomic E-state index is 0.321. The molecule has 0 saturated carbocycles. The number of rotatable bonds is 3. The Bertz CT molecular complexity index is 700. The number of carbonyl (C=O) groups is 1. The first-order valence-electron chi connectivity index (χ1n) is 6.22. The van der Waals surface area contributed by atoms with Crippen LogP contribution in [-0.2, 0) is 11.0 Å². The molecule has 0 heterocycles. The monoisotopic (exact) mass is 309 g/mol. The summed E-state index contributed by atoms with van der Waals surface area (Å²) in [4.78, 5) is 11.1. The number of hydrogen-bond acceptors (Lipinski definition) is 1. The molecule has 0 atom stereocenters. The molecule has 2 aromatic rings. The van der Waals surface area contributed by atoms with Crippen molar-refractivity contribution in [2.24, 2.45) is 5.73 Å². The summed E-state index contributed by atoms with van der Waals surface area (Å²) in [5, 5.41) is 0. The quantitative estimate of drug-likeness (QED) is 0.681. The Kier molecular flexibility index (Phi) is 4.30. The van der Waals surface area contributed by atoms with E-state index in [0.29, 0.717) is 16.7 Å². The molecule has 0 aliphatic rings. The first-order valence-corrected chi connectivity index (χ1v) is 6.22. The van der Waals surface area contributed by atoms with E-state index < -0.39 is 23.5 Å². The molecule has 0 aliphatic carbocycles. The van der Waals surface area contributed by atoms with E-state index in [-0.39, 0.29) is 0 Å². The molecule has 2 aromatic carbocycles. The van der Waals surface area contributed by atoms with Gasteiger partial charge in [0.25, 0.3) is 0 Å². The van der Waals surface area contributed by atoms with E-state index in [1.165, 1.54) is 36.4 Å². The predicted molar refractivity (Wildman–Crippen MR) is 74.1 cm³/mol. The van der Waals surface area contributed by atoms with Crippen LogP contribution >= 0.6 is 0 Å². The van der Waals surface area contributed by atoms with Crippen molar-refractivity contribution < 1.29 is 22.4 Å². The molecule has 6 heteroatoms. The highest BCUT2D eigenvalue weighted by atomic mass is 19.4. The first kappa shape index (κ1) is 15.8. The SMILES string of the molecule is NC(=O)C=C(c1ccc(F)cc1)c1ccc(C(F)(F)F)cc1. The fraction of sp³-hybridized carbons (Fsp3) is 0.0625. The summed E-state index contributed by atoms with van der Waals surface area (Å²) in [6.07, 6.45) is -3.35. The summed E-state index contributed by atoms with van der Waals surface area (Å²) in [5.41, 5.74) is 5.50. The maximum Gasteiger partial charge on any atom is 0.416 e. The van der Waals surface area contributed by atoms with Crippen LogP contribution in [0.2, 0.25) is 0 Å². The molecule has 0 fully saturated rings. The lowest BCUT2D eigenvalue weighted by molar-refractivity contribution is -0.137. The third-order valence-electron chi connectivity index (χ3n) is 2.97. The Labute approximate surface area is 123 Å². The normalized spacial score (nSPS) is 12.3. The molecule has 0 bridgehead atoms. The van der Waals surface area contributed by atoms with Crippen molar-refractivity contribution in [1.29, 1.82) is 0 Å². The van der Waals surface area contributed by atoms with Crippen molar-refractivity contribution in [3.63, 3.8) is 0 Å². The van der Waals surface area contributed by atoms with Crippen LogP contribution in [0.15, 0.2) is 54.6 Å². The van der Waals surface area contributed by atoms with Crippen molar-refractivity contribution >= 4 is 11.5 Å². The van der Waals surface area contributed by atoms with Crippen LogP contribution in [0.3, 0.4) is 0 Å². The summed E-state index contributed by atoms with van der Waals surface area (Å²) in [5.74, 6) is -1.21. The minimum atomic E-state index is -4.44. The van der Waals surface area contributed by atoms with Gasteiger partial charge in [0, 0.05) is 6.08 Å². The molecule has 1 amide bonds. The largest absolute Gasteiger partial charge is 0.416 e. The number of carbonyl (C=O) groups excluding carboxylic acids is 1. The second-order valence-corrected chi connectivity index (χ2v) is 4.54. The standard InChI is InChI=1S/C16H11F4NO/c17-13-7-3-11(4-8-13)14(9-15(21)22)10-1-5-12(6-2-10)16(18,19)20/h1-9H,(H2,21,22). The highest BCUT2D eigenvalue weighted by molar-refractivity contribution is 5.98. The summed E-state index contributed by atoms with van der Waals surface area (Å²) < 4.78 is 50.7. The molecule has 0 aliphatic heterocycles. The van der Waals surface area contributed by atoms with Crippen molar-refractivity contribution in [2.45, 2.75) is 6.18 Å². The van der Waals surface area contributed by atoms with Gasteiger partial charge >= 0.3 is 6.18 Å². The molecule has 2 nitrogen and oxygen atoms in total. The lowest BCUT2D eigenvalue weighted by Gasteiger charge is -2.11. The molecule has 0 unspecified atom stereocenters. The highest BCUT2D eigenvalue weighted by Crippen LogP contribution is 2.31. The zero-order valence-electron chi connectivity index (χ0n) is 11.2. The highest BCUT2D eigenvalue weighted by Gasteiger charge is 2.30. The molecule has 2 rings (SSSR count). The Hall–Kier alpha value is -2.63. The van der Waals surface area contributed by atoms with Crippen LogP contribution < -0.4 is 5.73 Å². The second-order valence-electron chi connectivity index (χ2n) is 4.54. The van der Waals surface area contributed by atoms with Gasteiger partial charge in [0.15, 0.2) is 0 Å². The van der Waals surface area contributed by atoms with Crippen LogP contribution in [0.4, 0.5) is 17.6 Å². The van der Waals surface area contributed by atoms with E-state index >= 15 is 0 Å². The van der Waals surface area contributed by atoms with Crippen LogP contribution in [0.1, 0.15) is 16.7 Å². The summed E-state index contributed by atoms with van der Waals surface area (Å²) in [7, 11) is 0. The number of halogens is 4. The van der Waals surface area contributed by atoms with Gasteiger partial charge in [-0.1, -0.05) is 24.3 Å². The van der Waals surface area contributed by atoms with Crippen molar-refractivity contribution in [1.82, 2.24) is 0 Å². The molecule has 0 aromatic heterocycles. The first-order chi connectivity index (χ1) is 10.3. The van der Waals surface area contributed by atoms with Gasteiger partial charge in [0.05, 0.1) is 5.56 Å². The maximum absolute atomic E-state index is 13.0. The predicted octanol–water partition coefficient (Wildman–Crippen LogP) is 3.76. The Balaban J connectivity index is 2.47. The number of amides is 1. The zero-order valence-corrected chi connectivity index (χ0v) is 11.2. The van der Waals surface area contributed by atoms with E-state index in [0.717, 1.165) is 18.2 Å². The van der Waals surface area contributed by atoms with Crippen molar-refractivity contribution in [3.05, 3.63) is 77.1 Å². The number of benzene rings is 2. The fourth-order valence-corrected chi connectivity index (χ4v) is 1.94. The van der Waals surface area contributed by atoms with Crippen LogP contribution in [0, 0.1) is 5.82 Å². The van der Waals surface area contributed by atoms with E-state index in [2.05, 4.69) is 0 Å². The van der Waals surface area contributed by atoms with Gasteiger partial charge in [-0.05, 0) is 41.0 Å². The minimum Gasteiger partial charge on any atom is -0.366 e. The molecular formula is C16H11F4NO. The van der Waals surface area contributed by atoms with Gasteiger partial charge in [-0.2, -0.15) is 13.2 Å².